The smallest absolute Gasteiger partial charge is 0.308 e. The van der Waals surface area contributed by atoms with Gasteiger partial charge in [0.15, 0.2) is 5.82 Å². The highest BCUT2D eigenvalue weighted by Gasteiger charge is 2.36. The summed E-state index contributed by atoms with van der Waals surface area (Å²) in [6.07, 6.45) is 5.85. The third-order valence-corrected chi connectivity index (χ3v) is 3.65. The summed E-state index contributed by atoms with van der Waals surface area (Å²) in [5, 5.41) is 13.3. The molecule has 1 saturated heterocycles. The second-order valence-corrected chi connectivity index (χ2v) is 4.58. The molecule has 18 heavy (non-hydrogen) atoms. The van der Waals surface area contributed by atoms with Gasteiger partial charge in [-0.15, -0.1) is 0 Å². The van der Waals surface area contributed by atoms with Crippen LogP contribution in [0.25, 0.3) is 5.52 Å². The van der Waals surface area contributed by atoms with E-state index >= 15 is 0 Å². The van der Waals surface area contributed by atoms with Gasteiger partial charge in [-0.3, -0.25) is 4.79 Å². The van der Waals surface area contributed by atoms with Crippen molar-refractivity contribution in [3.8, 4) is 0 Å². The minimum absolute atomic E-state index is 0.0453. The maximum atomic E-state index is 11.1. The zero-order valence-corrected chi connectivity index (χ0v) is 10.0. The average Bonchev–Trinajstić information content (AvgIpc) is 2.94. The first-order valence-electron chi connectivity index (χ1n) is 5.96. The first-order chi connectivity index (χ1) is 8.68. The van der Waals surface area contributed by atoms with Crippen molar-refractivity contribution >= 4 is 17.3 Å². The lowest BCUT2D eigenvalue weighted by molar-refractivity contribution is -0.141. The van der Waals surface area contributed by atoms with Crippen LogP contribution in [0.4, 0.5) is 5.82 Å². The molecular weight excluding hydrogens is 232 g/mol. The predicted octanol–water partition coefficient (Wildman–Crippen LogP) is 1.03. The number of carboxylic acid groups (broad SMARTS) is 1. The summed E-state index contributed by atoms with van der Waals surface area (Å²) in [4.78, 5) is 17.6. The number of nitrogens with zero attached hydrogens (tertiary/aromatic N) is 4. The Bertz CT molecular complexity index is 595. The molecule has 1 aliphatic rings. The van der Waals surface area contributed by atoms with Gasteiger partial charge in [-0.05, 0) is 19.4 Å². The Morgan fingerprint density at radius 3 is 3.06 bits per heavy atom. The van der Waals surface area contributed by atoms with Crippen LogP contribution in [0.1, 0.15) is 13.3 Å². The van der Waals surface area contributed by atoms with Gasteiger partial charge >= 0.3 is 5.97 Å². The van der Waals surface area contributed by atoms with Crippen molar-refractivity contribution in [3.05, 3.63) is 24.7 Å². The average molecular weight is 246 g/mol. The maximum Gasteiger partial charge on any atom is 0.308 e. The Hall–Kier alpha value is -2.11. The minimum atomic E-state index is -0.731. The number of carbonyl (C=O) groups is 1. The van der Waals surface area contributed by atoms with E-state index in [-0.39, 0.29) is 12.0 Å². The summed E-state index contributed by atoms with van der Waals surface area (Å²) in [7, 11) is 0. The van der Waals surface area contributed by atoms with Crippen molar-refractivity contribution in [2.24, 2.45) is 5.92 Å². The Morgan fingerprint density at radius 2 is 2.33 bits per heavy atom. The lowest BCUT2D eigenvalue weighted by atomic mass is 10.0. The molecule has 94 valence electrons. The van der Waals surface area contributed by atoms with Crippen molar-refractivity contribution in [3.63, 3.8) is 0 Å². The first-order valence-corrected chi connectivity index (χ1v) is 5.96. The molecule has 6 nitrogen and oxygen atoms in total. The lowest BCUT2D eigenvalue weighted by Gasteiger charge is -2.24. The van der Waals surface area contributed by atoms with Crippen LogP contribution in [0.5, 0.6) is 0 Å². The maximum absolute atomic E-state index is 11.1. The summed E-state index contributed by atoms with van der Waals surface area (Å²) < 4.78 is 1.75. The van der Waals surface area contributed by atoms with Crippen LogP contribution in [-0.4, -0.2) is 38.3 Å². The van der Waals surface area contributed by atoms with E-state index in [0.717, 1.165) is 17.9 Å². The SMILES string of the molecule is CC1C(C(=O)O)CCN1c1nccn2nccc12. The van der Waals surface area contributed by atoms with E-state index in [4.69, 9.17) is 5.11 Å². The van der Waals surface area contributed by atoms with Gasteiger partial charge < -0.3 is 10.0 Å². The Kier molecular flexibility index (Phi) is 2.43. The number of aromatic nitrogens is 3. The summed E-state index contributed by atoms with van der Waals surface area (Å²) in [5.41, 5.74) is 0.912. The van der Waals surface area contributed by atoms with E-state index in [1.165, 1.54) is 0 Å². The third kappa shape index (κ3) is 1.53. The quantitative estimate of drug-likeness (QED) is 0.857. The zero-order chi connectivity index (χ0) is 12.7. The molecule has 2 unspecified atom stereocenters. The fourth-order valence-corrected chi connectivity index (χ4v) is 2.63. The third-order valence-electron chi connectivity index (χ3n) is 3.65. The fraction of sp³-hybridized carbons (Fsp3) is 0.417. The molecule has 0 aliphatic carbocycles. The molecule has 2 aromatic rings. The normalized spacial score (nSPS) is 23.7. The van der Waals surface area contributed by atoms with Gasteiger partial charge in [-0.1, -0.05) is 0 Å². The molecule has 0 bridgehead atoms. The molecule has 0 amide bonds. The summed E-state index contributed by atoms with van der Waals surface area (Å²) in [5.74, 6) is -0.244. The summed E-state index contributed by atoms with van der Waals surface area (Å²) in [6, 6.07) is 1.85. The topological polar surface area (TPSA) is 70.7 Å². The second kappa shape index (κ2) is 3.97. The molecule has 0 aromatic carbocycles. The van der Waals surface area contributed by atoms with Gasteiger partial charge in [0.25, 0.3) is 0 Å². The predicted molar refractivity (Wildman–Crippen MR) is 65.5 cm³/mol. The van der Waals surface area contributed by atoms with E-state index in [2.05, 4.69) is 15.0 Å². The minimum Gasteiger partial charge on any atom is -0.481 e. The van der Waals surface area contributed by atoms with Crippen molar-refractivity contribution < 1.29 is 9.90 Å². The summed E-state index contributed by atoms with van der Waals surface area (Å²) in [6.45, 7) is 2.66. The Balaban J connectivity index is 2.01. The number of anilines is 1. The number of rotatable bonds is 2. The van der Waals surface area contributed by atoms with Gasteiger partial charge in [0.1, 0.15) is 5.52 Å². The van der Waals surface area contributed by atoms with Crippen molar-refractivity contribution in [2.45, 2.75) is 19.4 Å². The lowest BCUT2D eigenvalue weighted by Crippen LogP contribution is -2.33. The highest BCUT2D eigenvalue weighted by molar-refractivity contribution is 5.75. The van der Waals surface area contributed by atoms with Crippen LogP contribution in [0.15, 0.2) is 24.7 Å². The molecule has 2 aromatic heterocycles. The molecule has 0 spiro atoms. The number of carboxylic acids is 1. The van der Waals surface area contributed by atoms with Crippen LogP contribution in [-0.2, 0) is 4.79 Å². The molecule has 1 fully saturated rings. The molecule has 1 N–H and O–H groups in total. The number of hydrogen-bond donors (Lipinski definition) is 1. The van der Waals surface area contributed by atoms with E-state index in [0.29, 0.717) is 6.42 Å². The molecule has 6 heteroatoms. The molecule has 0 radical (unpaired) electrons. The molecule has 2 atom stereocenters. The van der Waals surface area contributed by atoms with Crippen molar-refractivity contribution in [1.82, 2.24) is 14.6 Å². The van der Waals surface area contributed by atoms with Crippen molar-refractivity contribution in [2.75, 3.05) is 11.4 Å². The van der Waals surface area contributed by atoms with Gasteiger partial charge in [0.2, 0.25) is 0 Å². The largest absolute Gasteiger partial charge is 0.481 e. The fourth-order valence-electron chi connectivity index (χ4n) is 2.63. The number of hydrogen-bond acceptors (Lipinski definition) is 4. The molecular formula is C12H14N4O2. The standard InChI is InChI=1S/C12H14N4O2/c1-8-9(12(17)18)3-6-15(8)11-10-2-4-14-16(10)7-5-13-11/h2,4-5,7-9H,3,6H2,1H3,(H,17,18). The van der Waals surface area contributed by atoms with Crippen LogP contribution in [0, 0.1) is 5.92 Å². The molecule has 1 aliphatic heterocycles. The zero-order valence-electron chi connectivity index (χ0n) is 10.0. The van der Waals surface area contributed by atoms with E-state index in [9.17, 15) is 4.79 Å². The second-order valence-electron chi connectivity index (χ2n) is 4.58. The number of fused-ring (bicyclic) bond motifs is 1. The van der Waals surface area contributed by atoms with Gasteiger partial charge in [-0.2, -0.15) is 5.10 Å². The van der Waals surface area contributed by atoms with Crippen molar-refractivity contribution in [1.29, 1.82) is 0 Å². The van der Waals surface area contributed by atoms with Gasteiger partial charge in [0, 0.05) is 25.0 Å². The van der Waals surface area contributed by atoms with Crippen LogP contribution < -0.4 is 4.90 Å². The Morgan fingerprint density at radius 1 is 1.50 bits per heavy atom. The molecule has 3 rings (SSSR count). The highest BCUT2D eigenvalue weighted by Crippen LogP contribution is 2.30. The summed E-state index contributed by atoms with van der Waals surface area (Å²) >= 11 is 0. The van der Waals surface area contributed by atoms with Crippen LogP contribution >= 0.6 is 0 Å². The monoisotopic (exact) mass is 246 g/mol. The van der Waals surface area contributed by atoms with E-state index < -0.39 is 5.97 Å². The van der Waals surface area contributed by atoms with Crippen LogP contribution in [0.2, 0.25) is 0 Å². The first kappa shape index (κ1) is 11.0. The van der Waals surface area contributed by atoms with Gasteiger partial charge in [0.05, 0.1) is 12.1 Å². The highest BCUT2D eigenvalue weighted by atomic mass is 16.4. The van der Waals surface area contributed by atoms with E-state index in [1.807, 2.05) is 13.0 Å². The van der Waals surface area contributed by atoms with E-state index in [1.54, 1.807) is 23.1 Å². The molecule has 0 saturated carbocycles. The van der Waals surface area contributed by atoms with Gasteiger partial charge in [-0.25, -0.2) is 9.50 Å². The number of aliphatic carboxylic acids is 1. The molecule has 3 heterocycles. The Labute approximate surface area is 104 Å². The van der Waals surface area contributed by atoms with Crippen LogP contribution in [0.3, 0.4) is 0 Å².